The Morgan fingerprint density at radius 3 is 2.24 bits per heavy atom. The summed E-state index contributed by atoms with van der Waals surface area (Å²) in [4.78, 5) is 5.08. The Hall–Kier alpha value is -3.33. The van der Waals surface area contributed by atoms with Crippen molar-refractivity contribution >= 4 is 33.0 Å². The van der Waals surface area contributed by atoms with E-state index in [1.165, 1.54) is 39.9 Å². The molecule has 2 heterocycles. The summed E-state index contributed by atoms with van der Waals surface area (Å²) in [5, 5.41) is 8.67. The van der Waals surface area contributed by atoms with Gasteiger partial charge in [0.2, 0.25) is 0 Å². The first-order chi connectivity index (χ1) is 14.4. The Labute approximate surface area is 171 Å². The fourth-order valence-corrected chi connectivity index (χ4v) is 4.19. The highest BCUT2D eigenvalue weighted by molar-refractivity contribution is 6.13. The van der Waals surface area contributed by atoms with Crippen molar-refractivity contribution < 1.29 is 0 Å². The molecular formula is C26H25N3. The molecule has 3 heteroatoms. The van der Waals surface area contributed by atoms with Gasteiger partial charge in [0, 0.05) is 18.3 Å². The van der Waals surface area contributed by atoms with E-state index in [0.717, 1.165) is 30.1 Å². The molecule has 3 aromatic carbocycles. The van der Waals surface area contributed by atoms with Crippen molar-refractivity contribution in [1.29, 1.82) is 0 Å². The number of imidazole rings is 1. The molecule has 3 nitrogen and oxygen atoms in total. The van der Waals surface area contributed by atoms with Crippen LogP contribution in [0.2, 0.25) is 0 Å². The number of nitrogens with zero attached hydrogens (tertiary/aromatic N) is 2. The van der Waals surface area contributed by atoms with Crippen molar-refractivity contribution in [1.82, 2.24) is 9.38 Å². The van der Waals surface area contributed by atoms with Crippen LogP contribution >= 0.6 is 0 Å². The summed E-state index contributed by atoms with van der Waals surface area (Å²) < 4.78 is 2.18. The molecule has 0 fully saturated rings. The quantitative estimate of drug-likeness (QED) is 0.256. The molecule has 1 N–H and O–H groups in total. The second-order valence-electron chi connectivity index (χ2n) is 7.57. The van der Waals surface area contributed by atoms with E-state index in [2.05, 4.69) is 89.6 Å². The zero-order valence-corrected chi connectivity index (χ0v) is 16.7. The Balaban J connectivity index is 1.79. The second kappa shape index (κ2) is 7.59. The maximum Gasteiger partial charge on any atom is 0.139 e. The van der Waals surface area contributed by atoms with Crippen LogP contribution in [0.3, 0.4) is 0 Å². The number of hydrogen-bond donors (Lipinski definition) is 1. The minimum absolute atomic E-state index is 0.951. The lowest BCUT2D eigenvalue weighted by Crippen LogP contribution is -2.05. The molecule has 5 aromatic rings. The van der Waals surface area contributed by atoms with Crippen LogP contribution < -0.4 is 5.32 Å². The molecule has 0 aliphatic rings. The molecule has 0 saturated heterocycles. The molecule has 0 aliphatic heterocycles. The van der Waals surface area contributed by atoms with Gasteiger partial charge in [-0.1, -0.05) is 74.4 Å². The lowest BCUT2D eigenvalue weighted by atomic mass is 9.95. The first kappa shape index (κ1) is 17.7. The summed E-state index contributed by atoms with van der Waals surface area (Å²) >= 11 is 0. The Morgan fingerprint density at radius 2 is 1.52 bits per heavy atom. The number of unbranched alkanes of at least 4 members (excludes halogenated alkanes) is 2. The fraction of sp³-hybridized carbons (Fsp3) is 0.192. The van der Waals surface area contributed by atoms with E-state index in [1.54, 1.807) is 0 Å². The van der Waals surface area contributed by atoms with Crippen molar-refractivity contribution in [3.05, 3.63) is 79.0 Å². The van der Waals surface area contributed by atoms with Gasteiger partial charge in [-0.3, -0.25) is 4.40 Å². The van der Waals surface area contributed by atoms with E-state index in [9.17, 15) is 0 Å². The molecule has 5 rings (SSSR count). The standard InChI is InChI=1S/C26H25N3/c1-2-3-9-16-27-26-25(28-23-15-8-10-17-29(23)26)24-21-13-6-4-11-19(21)18-20-12-5-7-14-22(20)24/h4-8,10-15,17-18,27H,2-3,9,16H2,1H3. The molecule has 144 valence electrons. The van der Waals surface area contributed by atoms with Crippen LogP contribution in [0.4, 0.5) is 5.82 Å². The van der Waals surface area contributed by atoms with Gasteiger partial charge >= 0.3 is 0 Å². The van der Waals surface area contributed by atoms with Crippen LogP contribution in [0.1, 0.15) is 26.2 Å². The number of rotatable bonds is 6. The molecule has 0 saturated carbocycles. The third-order valence-electron chi connectivity index (χ3n) is 5.61. The number of benzene rings is 3. The van der Waals surface area contributed by atoms with E-state index in [0.29, 0.717) is 0 Å². The minimum Gasteiger partial charge on any atom is -0.369 e. The number of hydrogen-bond acceptors (Lipinski definition) is 2. The average Bonchev–Trinajstić information content (AvgIpc) is 3.13. The van der Waals surface area contributed by atoms with Gasteiger partial charge in [-0.05, 0) is 46.2 Å². The van der Waals surface area contributed by atoms with E-state index in [4.69, 9.17) is 4.98 Å². The summed E-state index contributed by atoms with van der Waals surface area (Å²) in [5.41, 5.74) is 3.21. The Morgan fingerprint density at radius 1 is 0.828 bits per heavy atom. The lowest BCUT2D eigenvalue weighted by molar-refractivity contribution is 0.742. The van der Waals surface area contributed by atoms with Crippen molar-refractivity contribution in [3.8, 4) is 11.3 Å². The normalized spacial score (nSPS) is 11.5. The zero-order chi connectivity index (χ0) is 19.6. The largest absolute Gasteiger partial charge is 0.369 e. The van der Waals surface area contributed by atoms with Crippen LogP contribution in [0.25, 0.3) is 38.4 Å². The van der Waals surface area contributed by atoms with Gasteiger partial charge in [-0.15, -0.1) is 0 Å². The number of fused-ring (bicyclic) bond motifs is 3. The van der Waals surface area contributed by atoms with Crippen LogP contribution in [-0.4, -0.2) is 15.9 Å². The fourth-order valence-electron chi connectivity index (χ4n) is 4.19. The molecule has 0 bridgehead atoms. The van der Waals surface area contributed by atoms with Crippen molar-refractivity contribution in [3.63, 3.8) is 0 Å². The molecule has 0 aliphatic carbocycles. The van der Waals surface area contributed by atoms with Gasteiger partial charge < -0.3 is 5.32 Å². The van der Waals surface area contributed by atoms with Gasteiger partial charge in [-0.2, -0.15) is 0 Å². The predicted molar refractivity (Wildman–Crippen MR) is 124 cm³/mol. The number of anilines is 1. The van der Waals surface area contributed by atoms with Gasteiger partial charge in [0.25, 0.3) is 0 Å². The van der Waals surface area contributed by atoms with Crippen LogP contribution in [0, 0.1) is 0 Å². The highest BCUT2D eigenvalue weighted by Gasteiger charge is 2.18. The van der Waals surface area contributed by atoms with Gasteiger partial charge in [-0.25, -0.2) is 4.98 Å². The molecule has 0 radical (unpaired) electrons. The monoisotopic (exact) mass is 379 g/mol. The van der Waals surface area contributed by atoms with Gasteiger partial charge in [0.1, 0.15) is 17.2 Å². The highest BCUT2D eigenvalue weighted by Crippen LogP contribution is 2.39. The van der Waals surface area contributed by atoms with E-state index in [1.807, 2.05) is 6.07 Å². The number of nitrogens with one attached hydrogen (secondary N) is 1. The van der Waals surface area contributed by atoms with Crippen LogP contribution in [0.15, 0.2) is 79.0 Å². The maximum absolute atomic E-state index is 5.08. The summed E-state index contributed by atoms with van der Waals surface area (Å²) in [6, 6.07) is 25.7. The summed E-state index contributed by atoms with van der Waals surface area (Å²) in [5.74, 6) is 1.08. The Bertz CT molecular complexity index is 1250. The van der Waals surface area contributed by atoms with Crippen LogP contribution in [-0.2, 0) is 0 Å². The molecule has 0 atom stereocenters. The molecule has 0 unspecified atom stereocenters. The molecule has 29 heavy (non-hydrogen) atoms. The van der Waals surface area contributed by atoms with Crippen LogP contribution in [0.5, 0.6) is 0 Å². The predicted octanol–water partition coefficient (Wildman–Crippen LogP) is 6.91. The SMILES string of the molecule is CCCCCNc1c(-c2c3ccccc3cc3ccccc23)nc2ccccn12. The minimum atomic E-state index is 0.951. The van der Waals surface area contributed by atoms with E-state index in [-0.39, 0.29) is 0 Å². The maximum atomic E-state index is 5.08. The second-order valence-corrected chi connectivity index (χ2v) is 7.57. The lowest BCUT2D eigenvalue weighted by Gasteiger charge is -2.13. The number of pyridine rings is 1. The van der Waals surface area contributed by atoms with Crippen molar-refractivity contribution in [2.24, 2.45) is 0 Å². The third-order valence-corrected chi connectivity index (χ3v) is 5.61. The number of aromatic nitrogens is 2. The van der Waals surface area contributed by atoms with Gasteiger partial charge in [0.05, 0.1) is 0 Å². The van der Waals surface area contributed by atoms with E-state index >= 15 is 0 Å². The van der Waals surface area contributed by atoms with Crippen molar-refractivity contribution in [2.75, 3.05) is 11.9 Å². The zero-order valence-electron chi connectivity index (χ0n) is 16.7. The first-order valence-electron chi connectivity index (χ1n) is 10.5. The molecule has 0 amide bonds. The third kappa shape index (κ3) is 3.13. The molecular weight excluding hydrogens is 354 g/mol. The first-order valence-corrected chi connectivity index (χ1v) is 10.5. The Kier molecular flexibility index (Phi) is 4.65. The summed E-state index contributed by atoms with van der Waals surface area (Å²) in [7, 11) is 0. The summed E-state index contributed by atoms with van der Waals surface area (Å²) in [6.07, 6.45) is 5.71. The topological polar surface area (TPSA) is 29.3 Å². The highest BCUT2D eigenvalue weighted by atomic mass is 15.1. The average molecular weight is 380 g/mol. The molecule has 0 spiro atoms. The smallest absolute Gasteiger partial charge is 0.139 e. The van der Waals surface area contributed by atoms with Crippen molar-refractivity contribution in [2.45, 2.75) is 26.2 Å². The summed E-state index contributed by atoms with van der Waals surface area (Å²) in [6.45, 7) is 3.19. The molecule has 2 aromatic heterocycles. The van der Waals surface area contributed by atoms with E-state index < -0.39 is 0 Å². The van der Waals surface area contributed by atoms with Gasteiger partial charge in [0.15, 0.2) is 0 Å².